The van der Waals surface area contributed by atoms with E-state index in [9.17, 15) is 8.42 Å². The normalized spacial score (nSPS) is 22.6. The van der Waals surface area contributed by atoms with Crippen molar-refractivity contribution in [1.29, 1.82) is 0 Å². The summed E-state index contributed by atoms with van der Waals surface area (Å²) in [4.78, 5) is 11.2. The van der Waals surface area contributed by atoms with Gasteiger partial charge in [-0.05, 0) is 54.7 Å². The number of halogens is 1. The second-order valence-electron chi connectivity index (χ2n) is 8.12. The fourth-order valence-corrected chi connectivity index (χ4v) is 4.93. The van der Waals surface area contributed by atoms with Crippen molar-refractivity contribution in [1.82, 2.24) is 9.97 Å². The van der Waals surface area contributed by atoms with Gasteiger partial charge in [0, 0.05) is 19.3 Å². The first-order valence-electron chi connectivity index (χ1n) is 9.99. The number of rotatable bonds is 7. The molecule has 156 valence electrons. The topological polar surface area (TPSA) is 72.4 Å². The molecular weight excluding hydrogens is 410 g/mol. The maximum atomic E-state index is 11.5. The van der Waals surface area contributed by atoms with E-state index in [1.54, 1.807) is 24.5 Å². The van der Waals surface area contributed by atoms with E-state index in [2.05, 4.69) is 14.9 Å². The van der Waals surface area contributed by atoms with Gasteiger partial charge in [-0.2, -0.15) is 0 Å². The summed E-state index contributed by atoms with van der Waals surface area (Å²) in [5, 5.41) is 0.566. The van der Waals surface area contributed by atoms with Crippen molar-refractivity contribution in [2.75, 3.05) is 30.9 Å². The maximum absolute atomic E-state index is 11.5. The van der Waals surface area contributed by atoms with Gasteiger partial charge in [-0.1, -0.05) is 23.7 Å². The Hall–Kier alpha value is -1.70. The van der Waals surface area contributed by atoms with Gasteiger partial charge in [-0.3, -0.25) is 0 Å². The summed E-state index contributed by atoms with van der Waals surface area (Å²) in [6.07, 6.45) is 8.10. The van der Waals surface area contributed by atoms with Gasteiger partial charge in [0.2, 0.25) is 5.95 Å². The minimum atomic E-state index is -3.14. The summed E-state index contributed by atoms with van der Waals surface area (Å²) in [7, 11) is -3.14. The van der Waals surface area contributed by atoms with E-state index < -0.39 is 9.84 Å². The van der Waals surface area contributed by atoms with E-state index in [0.29, 0.717) is 22.4 Å². The van der Waals surface area contributed by atoms with Crippen LogP contribution in [-0.2, 0) is 21.2 Å². The Balaban J connectivity index is 1.18. The zero-order valence-corrected chi connectivity index (χ0v) is 18.1. The summed E-state index contributed by atoms with van der Waals surface area (Å²) in [6.45, 7) is 3.28. The van der Waals surface area contributed by atoms with Crippen molar-refractivity contribution in [3.8, 4) is 0 Å². The second kappa shape index (κ2) is 8.58. The van der Waals surface area contributed by atoms with Crippen LogP contribution in [0.5, 0.6) is 0 Å². The van der Waals surface area contributed by atoms with Crippen LogP contribution >= 0.6 is 11.6 Å². The Morgan fingerprint density at radius 2 is 1.79 bits per heavy atom. The van der Waals surface area contributed by atoms with Gasteiger partial charge in [-0.25, -0.2) is 18.4 Å². The molecular formula is C21H26ClN3O3S. The number of anilines is 1. The summed E-state index contributed by atoms with van der Waals surface area (Å²) in [6, 6.07) is 6.95. The number of ether oxygens (including phenoxy) is 1. The number of piperidine rings is 1. The number of benzene rings is 1. The van der Waals surface area contributed by atoms with E-state index in [1.807, 2.05) is 12.1 Å². The van der Waals surface area contributed by atoms with E-state index >= 15 is 0 Å². The summed E-state index contributed by atoms with van der Waals surface area (Å²) in [5.41, 5.74) is 1.01. The molecule has 0 amide bonds. The Labute approximate surface area is 177 Å². The Morgan fingerprint density at radius 1 is 1.14 bits per heavy atom. The van der Waals surface area contributed by atoms with E-state index in [0.717, 1.165) is 43.0 Å². The third-order valence-corrected chi connectivity index (χ3v) is 7.29. The van der Waals surface area contributed by atoms with Crippen LogP contribution in [0.3, 0.4) is 0 Å². The summed E-state index contributed by atoms with van der Waals surface area (Å²) in [5.74, 6) is 2.93. The van der Waals surface area contributed by atoms with Crippen LogP contribution < -0.4 is 4.90 Å². The highest BCUT2D eigenvalue weighted by atomic mass is 35.5. The molecule has 8 heteroatoms. The molecule has 0 radical (unpaired) electrons. The van der Waals surface area contributed by atoms with E-state index in [4.69, 9.17) is 16.3 Å². The van der Waals surface area contributed by atoms with Crippen LogP contribution in [0.1, 0.15) is 24.8 Å². The lowest BCUT2D eigenvalue weighted by Gasteiger charge is -2.32. The Morgan fingerprint density at radius 3 is 2.41 bits per heavy atom. The van der Waals surface area contributed by atoms with Crippen LogP contribution in [0.2, 0.25) is 5.02 Å². The molecule has 1 aliphatic carbocycles. The smallest absolute Gasteiger partial charge is 0.225 e. The Bertz CT molecular complexity index is 927. The monoisotopic (exact) mass is 435 g/mol. The van der Waals surface area contributed by atoms with Crippen molar-refractivity contribution in [3.05, 3.63) is 47.2 Å². The fraction of sp³-hybridized carbons (Fsp3) is 0.524. The highest BCUT2D eigenvalue weighted by molar-refractivity contribution is 7.90. The minimum Gasteiger partial charge on any atom is -0.376 e. The van der Waals surface area contributed by atoms with Crippen LogP contribution in [-0.4, -0.2) is 44.3 Å². The number of sulfone groups is 1. The number of nitrogens with zero attached hydrogens (tertiary/aromatic N) is 3. The van der Waals surface area contributed by atoms with Gasteiger partial charge >= 0.3 is 0 Å². The quantitative estimate of drug-likeness (QED) is 0.661. The molecule has 2 atom stereocenters. The first-order valence-corrected chi connectivity index (χ1v) is 12.3. The molecule has 2 fully saturated rings. The largest absolute Gasteiger partial charge is 0.376 e. The van der Waals surface area contributed by atoms with Gasteiger partial charge in [0.25, 0.3) is 0 Å². The van der Waals surface area contributed by atoms with Crippen LogP contribution in [0.4, 0.5) is 5.95 Å². The highest BCUT2D eigenvalue weighted by Crippen LogP contribution is 2.48. The molecule has 2 aromatic rings. The predicted octanol–water partition coefficient (Wildman–Crippen LogP) is 3.60. The molecule has 1 saturated carbocycles. The maximum Gasteiger partial charge on any atom is 0.225 e. The first kappa shape index (κ1) is 20.6. The van der Waals surface area contributed by atoms with Gasteiger partial charge in [0.05, 0.1) is 35.5 Å². The number of aromatic nitrogens is 2. The average molecular weight is 436 g/mol. The third-order valence-electron chi connectivity index (χ3n) is 5.96. The van der Waals surface area contributed by atoms with E-state index in [1.165, 1.54) is 25.5 Å². The molecule has 4 rings (SSSR count). The van der Waals surface area contributed by atoms with Crippen LogP contribution in [0.25, 0.3) is 0 Å². The van der Waals surface area contributed by atoms with Crippen molar-refractivity contribution < 1.29 is 13.2 Å². The highest BCUT2D eigenvalue weighted by Gasteiger charge is 2.43. The molecule has 0 bridgehead atoms. The lowest BCUT2D eigenvalue weighted by atomic mass is 9.91. The van der Waals surface area contributed by atoms with Gasteiger partial charge < -0.3 is 9.64 Å². The predicted molar refractivity (Wildman–Crippen MR) is 113 cm³/mol. The van der Waals surface area contributed by atoms with Crippen molar-refractivity contribution >= 4 is 27.4 Å². The van der Waals surface area contributed by atoms with Crippen LogP contribution in [0.15, 0.2) is 41.6 Å². The number of hydrogen-bond acceptors (Lipinski definition) is 6. The molecule has 0 spiro atoms. The molecule has 0 unspecified atom stereocenters. The Kier molecular flexibility index (Phi) is 6.08. The van der Waals surface area contributed by atoms with Crippen molar-refractivity contribution in [2.45, 2.75) is 30.8 Å². The molecule has 29 heavy (non-hydrogen) atoms. The zero-order chi connectivity index (χ0) is 20.4. The summed E-state index contributed by atoms with van der Waals surface area (Å²) >= 11 is 5.87. The van der Waals surface area contributed by atoms with Gasteiger partial charge in [0.1, 0.15) is 0 Å². The fourth-order valence-electron chi connectivity index (χ4n) is 4.20. The lowest BCUT2D eigenvalue weighted by molar-refractivity contribution is 0.104. The minimum absolute atomic E-state index is 0.346. The third kappa shape index (κ3) is 5.27. The SMILES string of the molecule is CS(=O)(=O)c1ccc(COC[C@@H]2C[C@@H]2C2CCN(c3ncc(Cl)cn3)CC2)cc1. The molecule has 2 aliphatic rings. The van der Waals surface area contributed by atoms with Crippen molar-refractivity contribution in [2.24, 2.45) is 17.8 Å². The number of hydrogen-bond donors (Lipinski definition) is 0. The van der Waals surface area contributed by atoms with Crippen molar-refractivity contribution in [3.63, 3.8) is 0 Å². The second-order valence-corrected chi connectivity index (χ2v) is 10.6. The van der Waals surface area contributed by atoms with E-state index in [-0.39, 0.29) is 0 Å². The standard InChI is InChI=1S/C21H26ClN3O3S/c1-29(26,27)19-4-2-15(3-5-19)13-28-14-17-10-20(17)16-6-8-25(9-7-16)21-23-11-18(22)12-24-21/h2-5,11-12,16-17,20H,6-10,13-14H2,1H3/t17-,20+/m0/s1. The molecule has 2 heterocycles. The average Bonchev–Trinajstić information content (AvgIpc) is 3.48. The molecule has 0 N–H and O–H groups in total. The molecule has 1 aromatic carbocycles. The van der Waals surface area contributed by atoms with Crippen LogP contribution in [0, 0.1) is 17.8 Å². The zero-order valence-electron chi connectivity index (χ0n) is 16.5. The molecule has 1 aliphatic heterocycles. The first-order chi connectivity index (χ1) is 13.9. The molecule has 1 saturated heterocycles. The lowest BCUT2D eigenvalue weighted by Crippen LogP contribution is -2.35. The van der Waals surface area contributed by atoms with Gasteiger partial charge in [0.15, 0.2) is 9.84 Å². The summed E-state index contributed by atoms with van der Waals surface area (Å²) < 4.78 is 28.9. The van der Waals surface area contributed by atoms with Gasteiger partial charge in [-0.15, -0.1) is 0 Å². The molecule has 6 nitrogen and oxygen atoms in total. The molecule has 1 aromatic heterocycles.